The summed E-state index contributed by atoms with van der Waals surface area (Å²) >= 11 is 1.41. The molecule has 1 aliphatic rings. The van der Waals surface area contributed by atoms with Crippen LogP contribution in [0.3, 0.4) is 0 Å². The van der Waals surface area contributed by atoms with Gasteiger partial charge in [-0.3, -0.25) is 9.69 Å². The summed E-state index contributed by atoms with van der Waals surface area (Å²) in [4.78, 5) is 18.7. The van der Waals surface area contributed by atoms with E-state index < -0.39 is 12.7 Å². The van der Waals surface area contributed by atoms with Crippen LogP contribution in [0.4, 0.5) is 18.3 Å². The number of nitrogens with one attached hydrogen (secondary N) is 1. The molecule has 1 aliphatic heterocycles. The van der Waals surface area contributed by atoms with Crippen molar-refractivity contribution in [3.05, 3.63) is 10.6 Å². The minimum absolute atomic E-state index is 0.143. The van der Waals surface area contributed by atoms with Crippen LogP contribution in [-0.2, 0) is 4.79 Å². The number of carbonyl (C=O) groups is 1. The van der Waals surface area contributed by atoms with Crippen LogP contribution in [0.15, 0.2) is 0 Å². The van der Waals surface area contributed by atoms with Gasteiger partial charge >= 0.3 is 6.18 Å². The molecule has 0 saturated carbocycles. The van der Waals surface area contributed by atoms with E-state index in [0.29, 0.717) is 31.1 Å². The van der Waals surface area contributed by atoms with Gasteiger partial charge in [-0.05, 0) is 39.8 Å². The van der Waals surface area contributed by atoms with Gasteiger partial charge in [-0.1, -0.05) is 0 Å². The number of aromatic nitrogens is 1. The molecule has 2 rings (SSSR count). The van der Waals surface area contributed by atoms with Crippen molar-refractivity contribution in [1.29, 1.82) is 0 Å². The zero-order chi connectivity index (χ0) is 15.6. The molecule has 0 bridgehead atoms. The van der Waals surface area contributed by atoms with Crippen molar-refractivity contribution in [3.8, 4) is 0 Å². The molecule has 1 amide bonds. The number of likely N-dealkylation sites (tertiary alicyclic amines) is 1. The minimum atomic E-state index is -4.18. The van der Waals surface area contributed by atoms with Crippen molar-refractivity contribution in [3.63, 3.8) is 0 Å². The summed E-state index contributed by atoms with van der Waals surface area (Å²) in [6.45, 7) is 3.50. The third-order valence-corrected chi connectivity index (χ3v) is 4.61. The Labute approximate surface area is 125 Å². The topological polar surface area (TPSA) is 45.2 Å². The molecule has 0 spiro atoms. The van der Waals surface area contributed by atoms with E-state index in [-0.39, 0.29) is 11.8 Å². The maximum Gasteiger partial charge on any atom is 0.401 e. The Morgan fingerprint density at radius 3 is 2.48 bits per heavy atom. The summed E-state index contributed by atoms with van der Waals surface area (Å²) in [5.41, 5.74) is 0.885. The number of nitrogens with zero attached hydrogens (tertiary/aromatic N) is 2. The molecule has 0 atom stereocenters. The first-order valence-corrected chi connectivity index (χ1v) is 7.60. The first-order valence-electron chi connectivity index (χ1n) is 6.78. The number of hydrogen-bond acceptors (Lipinski definition) is 4. The maximum absolute atomic E-state index is 12.3. The van der Waals surface area contributed by atoms with Gasteiger partial charge in [0.15, 0.2) is 5.13 Å². The fourth-order valence-electron chi connectivity index (χ4n) is 2.34. The van der Waals surface area contributed by atoms with Gasteiger partial charge in [-0.25, -0.2) is 4.98 Å². The summed E-state index contributed by atoms with van der Waals surface area (Å²) in [7, 11) is 0. The number of rotatable bonds is 3. The van der Waals surface area contributed by atoms with E-state index in [9.17, 15) is 18.0 Å². The summed E-state index contributed by atoms with van der Waals surface area (Å²) < 4.78 is 36.9. The molecule has 21 heavy (non-hydrogen) atoms. The normalized spacial score (nSPS) is 18.0. The van der Waals surface area contributed by atoms with Gasteiger partial charge in [0, 0.05) is 10.8 Å². The van der Waals surface area contributed by atoms with Gasteiger partial charge < -0.3 is 5.32 Å². The van der Waals surface area contributed by atoms with E-state index >= 15 is 0 Å². The molecule has 1 saturated heterocycles. The van der Waals surface area contributed by atoms with Crippen molar-refractivity contribution in [2.24, 2.45) is 5.92 Å². The molecule has 0 aromatic carbocycles. The molecule has 8 heteroatoms. The van der Waals surface area contributed by atoms with Crippen molar-refractivity contribution in [1.82, 2.24) is 9.88 Å². The standard InChI is InChI=1S/C13H18F3N3OS/c1-8-9(2)21-12(17-8)18-11(20)10-3-5-19(6-4-10)7-13(14,15)16/h10H,3-7H2,1-2H3,(H,17,18,20). The predicted molar refractivity (Wildman–Crippen MR) is 75.4 cm³/mol. The average molecular weight is 321 g/mol. The van der Waals surface area contributed by atoms with E-state index in [1.807, 2.05) is 13.8 Å². The molecule has 0 unspecified atom stereocenters. The Hall–Kier alpha value is -1.15. The molecule has 0 aliphatic carbocycles. The van der Waals surface area contributed by atoms with E-state index in [1.165, 1.54) is 16.2 Å². The van der Waals surface area contributed by atoms with Crippen LogP contribution in [-0.4, -0.2) is 41.6 Å². The van der Waals surface area contributed by atoms with Crippen LogP contribution in [0.2, 0.25) is 0 Å². The van der Waals surface area contributed by atoms with Gasteiger partial charge in [0.1, 0.15) is 0 Å². The Bertz CT molecular complexity index is 488. The first-order chi connectivity index (χ1) is 9.74. The number of thiazole rings is 1. The van der Waals surface area contributed by atoms with Crippen LogP contribution < -0.4 is 5.32 Å². The van der Waals surface area contributed by atoms with Gasteiger partial charge in [-0.2, -0.15) is 13.2 Å². The second kappa shape index (κ2) is 6.31. The Kier molecular flexibility index (Phi) is 4.88. The van der Waals surface area contributed by atoms with E-state index in [0.717, 1.165) is 10.6 Å². The van der Waals surface area contributed by atoms with Gasteiger partial charge in [0.05, 0.1) is 12.2 Å². The summed E-state index contributed by atoms with van der Waals surface area (Å²) in [6.07, 6.45) is -3.28. The second-order valence-corrected chi connectivity index (χ2v) is 6.52. The van der Waals surface area contributed by atoms with Crippen LogP contribution in [0.1, 0.15) is 23.4 Å². The highest BCUT2D eigenvalue weighted by Crippen LogP contribution is 2.25. The van der Waals surface area contributed by atoms with E-state index in [2.05, 4.69) is 10.3 Å². The Morgan fingerprint density at radius 1 is 1.38 bits per heavy atom. The fraction of sp³-hybridized carbons (Fsp3) is 0.692. The highest BCUT2D eigenvalue weighted by molar-refractivity contribution is 7.15. The first kappa shape index (κ1) is 16.2. The molecular weight excluding hydrogens is 303 g/mol. The lowest BCUT2D eigenvalue weighted by Gasteiger charge is -2.31. The summed E-state index contributed by atoms with van der Waals surface area (Å²) in [5, 5.41) is 3.33. The van der Waals surface area contributed by atoms with Crippen LogP contribution >= 0.6 is 11.3 Å². The highest BCUT2D eigenvalue weighted by Gasteiger charge is 2.34. The van der Waals surface area contributed by atoms with Crippen molar-refractivity contribution in [2.75, 3.05) is 25.0 Å². The molecular formula is C13H18F3N3OS. The van der Waals surface area contributed by atoms with Crippen molar-refractivity contribution in [2.45, 2.75) is 32.9 Å². The largest absolute Gasteiger partial charge is 0.401 e. The van der Waals surface area contributed by atoms with Crippen molar-refractivity contribution >= 4 is 22.4 Å². The number of amides is 1. The maximum atomic E-state index is 12.3. The molecule has 1 fully saturated rings. The molecule has 2 heterocycles. The number of anilines is 1. The molecule has 118 valence electrons. The van der Waals surface area contributed by atoms with Crippen molar-refractivity contribution < 1.29 is 18.0 Å². The third kappa shape index (κ3) is 4.67. The zero-order valence-corrected chi connectivity index (χ0v) is 12.8. The second-order valence-electron chi connectivity index (χ2n) is 5.32. The molecule has 1 N–H and O–H groups in total. The lowest BCUT2D eigenvalue weighted by molar-refractivity contribution is -0.149. The average Bonchev–Trinajstić information content (AvgIpc) is 2.67. The monoisotopic (exact) mass is 321 g/mol. The summed E-state index contributed by atoms with van der Waals surface area (Å²) in [5.74, 6) is -0.380. The minimum Gasteiger partial charge on any atom is -0.302 e. The predicted octanol–water partition coefficient (Wildman–Crippen LogP) is 2.97. The van der Waals surface area contributed by atoms with Gasteiger partial charge in [0.2, 0.25) is 5.91 Å². The number of alkyl halides is 3. The van der Waals surface area contributed by atoms with Crippen LogP contribution in [0, 0.1) is 19.8 Å². The number of aryl methyl sites for hydroxylation is 2. The SMILES string of the molecule is Cc1nc(NC(=O)C2CCN(CC(F)(F)F)CC2)sc1C. The van der Waals surface area contributed by atoms with Gasteiger partial charge in [-0.15, -0.1) is 11.3 Å². The quantitative estimate of drug-likeness (QED) is 0.931. The number of piperidine rings is 1. The summed E-state index contributed by atoms with van der Waals surface area (Å²) in [6, 6.07) is 0. The van der Waals surface area contributed by atoms with Crippen LogP contribution in [0.5, 0.6) is 0 Å². The fourth-order valence-corrected chi connectivity index (χ4v) is 3.16. The molecule has 1 aromatic heterocycles. The van der Waals surface area contributed by atoms with E-state index in [4.69, 9.17) is 0 Å². The van der Waals surface area contributed by atoms with E-state index in [1.54, 1.807) is 0 Å². The third-order valence-electron chi connectivity index (χ3n) is 3.62. The lowest BCUT2D eigenvalue weighted by atomic mass is 9.96. The number of carbonyl (C=O) groups excluding carboxylic acids is 1. The molecule has 1 aromatic rings. The number of hydrogen-bond donors (Lipinski definition) is 1. The Morgan fingerprint density at radius 2 is 2.00 bits per heavy atom. The number of halogens is 3. The van der Waals surface area contributed by atoms with Crippen LogP contribution in [0.25, 0.3) is 0 Å². The molecule has 0 radical (unpaired) electrons. The smallest absolute Gasteiger partial charge is 0.302 e. The zero-order valence-electron chi connectivity index (χ0n) is 12.0. The Balaban J connectivity index is 1.83. The van der Waals surface area contributed by atoms with Gasteiger partial charge in [0.25, 0.3) is 0 Å². The lowest BCUT2D eigenvalue weighted by Crippen LogP contribution is -2.42. The highest BCUT2D eigenvalue weighted by atomic mass is 32.1. The molecule has 4 nitrogen and oxygen atoms in total.